The largest absolute Gasteiger partial charge is 0.356 e. The minimum Gasteiger partial charge on any atom is -0.356 e. The molecule has 6 nitrogen and oxygen atoms in total. The van der Waals surface area contributed by atoms with Gasteiger partial charge in [-0.05, 0) is 42.8 Å². The fourth-order valence-corrected chi connectivity index (χ4v) is 4.62. The first-order valence-electron chi connectivity index (χ1n) is 7.88. The van der Waals surface area contributed by atoms with Crippen LogP contribution in [0, 0.1) is 5.82 Å². The molecule has 4 rings (SSSR count). The molecule has 2 aliphatic heterocycles. The second kappa shape index (κ2) is 5.82. The number of fused-ring (bicyclic) bond motifs is 3. The molecule has 0 radical (unpaired) electrons. The van der Waals surface area contributed by atoms with Crippen LogP contribution in [0.1, 0.15) is 6.42 Å². The molecule has 0 bridgehead atoms. The van der Waals surface area contributed by atoms with Crippen LogP contribution in [0.15, 0.2) is 53.4 Å². The lowest BCUT2D eigenvalue weighted by molar-refractivity contribution is -0.117. The molecule has 0 aliphatic carbocycles. The van der Waals surface area contributed by atoms with Gasteiger partial charge in [-0.1, -0.05) is 12.1 Å². The summed E-state index contributed by atoms with van der Waals surface area (Å²) in [6, 6.07) is 11.3. The molecule has 2 aromatic carbocycles. The van der Waals surface area contributed by atoms with Crippen LogP contribution in [-0.2, 0) is 14.8 Å². The number of nitrogens with one attached hydrogen (secondary N) is 2. The summed E-state index contributed by atoms with van der Waals surface area (Å²) < 4.78 is 40.6. The average Bonchev–Trinajstić information content (AvgIpc) is 2.99. The normalized spacial score (nSPS) is 22.3. The lowest BCUT2D eigenvalue weighted by Crippen LogP contribution is -2.44. The zero-order valence-electron chi connectivity index (χ0n) is 13.1. The molecule has 2 heterocycles. The van der Waals surface area contributed by atoms with Gasteiger partial charge in [-0.3, -0.25) is 4.79 Å². The fourth-order valence-electron chi connectivity index (χ4n) is 3.38. The number of nitrogens with zero attached hydrogens (tertiary/aromatic N) is 1. The maximum atomic E-state index is 13.0. The molecule has 0 saturated carbocycles. The lowest BCUT2D eigenvalue weighted by atomic mass is 10.1. The number of carbonyl (C=O) groups excluding carboxylic acids is 1. The molecular weight excluding hydrogens is 345 g/mol. The number of hydrogen-bond acceptors (Lipinski definition) is 4. The number of carbonyl (C=O) groups is 1. The van der Waals surface area contributed by atoms with Crippen molar-refractivity contribution < 1.29 is 17.6 Å². The number of amides is 1. The van der Waals surface area contributed by atoms with E-state index in [4.69, 9.17) is 0 Å². The molecule has 0 aromatic heterocycles. The van der Waals surface area contributed by atoms with Crippen molar-refractivity contribution in [3.05, 3.63) is 54.3 Å². The van der Waals surface area contributed by atoms with Crippen molar-refractivity contribution in [1.82, 2.24) is 4.72 Å². The van der Waals surface area contributed by atoms with E-state index in [0.29, 0.717) is 13.0 Å². The van der Waals surface area contributed by atoms with Crippen molar-refractivity contribution in [1.29, 1.82) is 0 Å². The third-order valence-electron chi connectivity index (χ3n) is 4.52. The maximum absolute atomic E-state index is 13.0. The number of sulfonamides is 1. The summed E-state index contributed by atoms with van der Waals surface area (Å²) in [5.74, 6) is -0.632. The summed E-state index contributed by atoms with van der Waals surface area (Å²) in [7, 11) is -3.77. The molecule has 2 aromatic rings. The van der Waals surface area contributed by atoms with Gasteiger partial charge < -0.3 is 10.2 Å². The standard InChI is InChI=1S/C17H16FN3O3S/c18-11-5-7-13(8-6-11)25(23,24)20-12-9-16-17(22)19-14-3-1-2-4-15(14)21(16)10-12/h1-8,12,16,20H,9-10H2,(H,19,22). The molecule has 2 N–H and O–H groups in total. The van der Waals surface area contributed by atoms with Crippen LogP contribution in [0.25, 0.3) is 0 Å². The Kier molecular flexibility index (Phi) is 3.73. The first kappa shape index (κ1) is 16.0. The summed E-state index contributed by atoms with van der Waals surface area (Å²) in [6.45, 7) is 0.398. The lowest BCUT2D eigenvalue weighted by Gasteiger charge is -2.32. The number of hydrogen-bond donors (Lipinski definition) is 2. The Bertz CT molecular complexity index is 930. The molecule has 8 heteroatoms. The van der Waals surface area contributed by atoms with Crippen LogP contribution < -0.4 is 14.9 Å². The summed E-state index contributed by atoms with van der Waals surface area (Å²) >= 11 is 0. The van der Waals surface area contributed by atoms with Gasteiger partial charge in [0, 0.05) is 12.6 Å². The predicted molar refractivity (Wildman–Crippen MR) is 91.3 cm³/mol. The van der Waals surface area contributed by atoms with Gasteiger partial charge in [0.25, 0.3) is 0 Å². The van der Waals surface area contributed by atoms with Crippen LogP contribution in [0.4, 0.5) is 15.8 Å². The molecule has 1 saturated heterocycles. The quantitative estimate of drug-likeness (QED) is 0.872. The van der Waals surface area contributed by atoms with Gasteiger partial charge >= 0.3 is 0 Å². The Labute approximate surface area is 144 Å². The maximum Gasteiger partial charge on any atom is 0.247 e. The number of rotatable bonds is 3. The minimum absolute atomic E-state index is 0.00336. The molecule has 2 unspecified atom stereocenters. The molecule has 2 aliphatic rings. The molecule has 130 valence electrons. The van der Waals surface area contributed by atoms with E-state index in [0.717, 1.165) is 23.5 Å². The molecule has 2 atom stereocenters. The first-order valence-corrected chi connectivity index (χ1v) is 9.37. The monoisotopic (exact) mass is 361 g/mol. The third-order valence-corrected chi connectivity index (χ3v) is 6.06. The molecule has 1 amide bonds. The van der Waals surface area contributed by atoms with Crippen LogP contribution in [0.2, 0.25) is 0 Å². The highest BCUT2D eigenvalue weighted by molar-refractivity contribution is 7.89. The van der Waals surface area contributed by atoms with Crippen molar-refractivity contribution >= 4 is 27.3 Å². The van der Waals surface area contributed by atoms with Crippen molar-refractivity contribution in [3.8, 4) is 0 Å². The van der Waals surface area contributed by atoms with Crippen molar-refractivity contribution in [2.24, 2.45) is 0 Å². The van der Waals surface area contributed by atoms with Gasteiger partial charge in [-0.2, -0.15) is 0 Å². The van der Waals surface area contributed by atoms with E-state index in [2.05, 4.69) is 10.0 Å². The van der Waals surface area contributed by atoms with Crippen LogP contribution in [-0.4, -0.2) is 33.0 Å². The van der Waals surface area contributed by atoms with E-state index in [1.807, 2.05) is 29.2 Å². The average molecular weight is 361 g/mol. The summed E-state index contributed by atoms with van der Waals surface area (Å²) in [6.07, 6.45) is 0.376. The Morgan fingerprint density at radius 2 is 1.84 bits per heavy atom. The van der Waals surface area contributed by atoms with Crippen LogP contribution in [0.5, 0.6) is 0 Å². The topological polar surface area (TPSA) is 78.5 Å². The second-order valence-electron chi connectivity index (χ2n) is 6.18. The molecule has 25 heavy (non-hydrogen) atoms. The van der Waals surface area contributed by atoms with E-state index in [9.17, 15) is 17.6 Å². The van der Waals surface area contributed by atoms with Gasteiger partial charge in [-0.15, -0.1) is 0 Å². The van der Waals surface area contributed by atoms with Gasteiger partial charge in [0.15, 0.2) is 0 Å². The Hall–Kier alpha value is -2.45. The highest BCUT2D eigenvalue weighted by atomic mass is 32.2. The molecular formula is C17H16FN3O3S. The summed E-state index contributed by atoms with van der Waals surface area (Å²) in [5.41, 5.74) is 1.61. The number of anilines is 2. The van der Waals surface area contributed by atoms with E-state index in [1.165, 1.54) is 12.1 Å². The van der Waals surface area contributed by atoms with E-state index in [-0.39, 0.29) is 10.8 Å². The van der Waals surface area contributed by atoms with E-state index in [1.54, 1.807) is 0 Å². The third kappa shape index (κ3) is 2.87. The Morgan fingerprint density at radius 3 is 2.60 bits per heavy atom. The smallest absolute Gasteiger partial charge is 0.247 e. The van der Waals surface area contributed by atoms with Crippen LogP contribution in [0.3, 0.4) is 0 Å². The SMILES string of the molecule is O=C1Nc2ccccc2N2CC(NS(=O)(=O)c3ccc(F)cc3)CC12. The fraction of sp³-hybridized carbons (Fsp3) is 0.235. The highest BCUT2D eigenvalue weighted by Crippen LogP contribution is 2.36. The van der Waals surface area contributed by atoms with Crippen molar-refractivity contribution in [2.75, 3.05) is 16.8 Å². The number of benzene rings is 2. The van der Waals surface area contributed by atoms with Gasteiger partial charge in [-0.25, -0.2) is 17.5 Å². The zero-order valence-corrected chi connectivity index (χ0v) is 14.0. The number of para-hydroxylation sites is 2. The predicted octanol–water partition coefficient (Wildman–Crippen LogP) is 1.70. The van der Waals surface area contributed by atoms with E-state index >= 15 is 0 Å². The van der Waals surface area contributed by atoms with Crippen molar-refractivity contribution in [2.45, 2.75) is 23.4 Å². The van der Waals surface area contributed by atoms with Gasteiger partial charge in [0.1, 0.15) is 11.9 Å². The number of halogens is 1. The summed E-state index contributed by atoms with van der Waals surface area (Å²) in [5, 5.41) is 2.85. The second-order valence-corrected chi connectivity index (χ2v) is 7.90. The van der Waals surface area contributed by atoms with Gasteiger partial charge in [0.05, 0.1) is 16.3 Å². The molecule has 1 fully saturated rings. The van der Waals surface area contributed by atoms with E-state index < -0.39 is 27.9 Å². The first-order chi connectivity index (χ1) is 11.9. The Balaban J connectivity index is 1.57. The zero-order chi connectivity index (χ0) is 17.6. The minimum atomic E-state index is -3.77. The summed E-state index contributed by atoms with van der Waals surface area (Å²) in [4.78, 5) is 14.2. The van der Waals surface area contributed by atoms with Crippen molar-refractivity contribution in [3.63, 3.8) is 0 Å². The Morgan fingerprint density at radius 1 is 1.12 bits per heavy atom. The molecule has 0 spiro atoms. The van der Waals surface area contributed by atoms with Crippen LogP contribution >= 0.6 is 0 Å². The van der Waals surface area contributed by atoms with Gasteiger partial charge in [0.2, 0.25) is 15.9 Å². The highest BCUT2D eigenvalue weighted by Gasteiger charge is 2.42.